The van der Waals surface area contributed by atoms with Crippen LogP contribution in [0.3, 0.4) is 0 Å². The molecule has 2 fully saturated rings. The summed E-state index contributed by atoms with van der Waals surface area (Å²) in [5.41, 5.74) is 1.36. The topological polar surface area (TPSA) is 23.6 Å². The number of piperazine rings is 1. The number of ketones is 1. The molecule has 0 atom stereocenters. The third-order valence-corrected chi connectivity index (χ3v) is 5.45. The summed E-state index contributed by atoms with van der Waals surface area (Å²) >= 11 is 0. The molecule has 0 amide bonds. The lowest BCUT2D eigenvalue weighted by atomic mass is 9.92. The lowest BCUT2D eigenvalue weighted by molar-refractivity contribution is -0.121. The van der Waals surface area contributed by atoms with Gasteiger partial charge in [-0.2, -0.15) is 0 Å². The predicted molar refractivity (Wildman–Crippen MR) is 95.0 cm³/mol. The van der Waals surface area contributed by atoms with E-state index >= 15 is 0 Å². The van der Waals surface area contributed by atoms with E-state index in [-0.39, 0.29) is 0 Å². The second-order valence-electron chi connectivity index (χ2n) is 6.79. The van der Waals surface area contributed by atoms with Crippen molar-refractivity contribution in [2.45, 2.75) is 31.7 Å². The van der Waals surface area contributed by atoms with Gasteiger partial charge in [-0.25, -0.2) is 0 Å². The van der Waals surface area contributed by atoms with Crippen LogP contribution in [0.1, 0.15) is 25.7 Å². The quantitative estimate of drug-likeness (QED) is 0.848. The Kier molecular flexibility index (Phi) is 4.04. The molecule has 0 bridgehead atoms. The van der Waals surface area contributed by atoms with Crippen molar-refractivity contribution >= 4 is 22.2 Å². The van der Waals surface area contributed by atoms with Gasteiger partial charge in [0.2, 0.25) is 0 Å². The smallest absolute Gasteiger partial charge is 0.133 e. The molecule has 0 spiro atoms. The van der Waals surface area contributed by atoms with E-state index in [0.717, 1.165) is 51.9 Å². The van der Waals surface area contributed by atoms with Crippen LogP contribution in [0.4, 0.5) is 5.69 Å². The third-order valence-electron chi connectivity index (χ3n) is 5.45. The highest BCUT2D eigenvalue weighted by Gasteiger charge is 2.27. The van der Waals surface area contributed by atoms with Gasteiger partial charge >= 0.3 is 0 Å². The summed E-state index contributed by atoms with van der Waals surface area (Å²) in [7, 11) is 0. The van der Waals surface area contributed by atoms with E-state index in [2.05, 4.69) is 52.3 Å². The Bertz CT molecular complexity index is 688. The molecule has 3 heteroatoms. The van der Waals surface area contributed by atoms with Crippen LogP contribution in [0.5, 0.6) is 0 Å². The van der Waals surface area contributed by atoms with Gasteiger partial charge in [0.25, 0.3) is 0 Å². The molecule has 23 heavy (non-hydrogen) atoms. The van der Waals surface area contributed by atoms with Crippen LogP contribution < -0.4 is 4.90 Å². The zero-order valence-corrected chi connectivity index (χ0v) is 13.6. The molecule has 2 aromatic rings. The van der Waals surface area contributed by atoms with E-state index in [4.69, 9.17) is 0 Å². The standard InChI is InChI=1S/C20H24N2O/c23-18-10-8-17(9-11-18)21-12-14-22(15-13-21)20-7-3-5-16-4-1-2-6-19(16)20/h1-7,17H,8-15H2. The highest BCUT2D eigenvalue weighted by atomic mass is 16.1. The maximum Gasteiger partial charge on any atom is 0.133 e. The van der Waals surface area contributed by atoms with Crippen LogP contribution in [-0.4, -0.2) is 42.9 Å². The fraction of sp³-hybridized carbons (Fsp3) is 0.450. The first-order valence-corrected chi connectivity index (χ1v) is 8.80. The van der Waals surface area contributed by atoms with Crippen molar-refractivity contribution in [3.63, 3.8) is 0 Å². The Morgan fingerprint density at radius 1 is 0.826 bits per heavy atom. The highest BCUT2D eigenvalue weighted by Crippen LogP contribution is 2.29. The number of Topliss-reactive ketones (excluding diaryl/α,β-unsaturated/α-hetero) is 1. The Labute approximate surface area is 137 Å². The summed E-state index contributed by atoms with van der Waals surface area (Å²) in [4.78, 5) is 16.6. The Balaban J connectivity index is 1.46. The average molecular weight is 308 g/mol. The van der Waals surface area contributed by atoms with Crippen molar-refractivity contribution in [1.82, 2.24) is 4.90 Å². The Morgan fingerprint density at radius 2 is 1.52 bits per heavy atom. The van der Waals surface area contributed by atoms with E-state index in [9.17, 15) is 4.79 Å². The largest absolute Gasteiger partial charge is 0.368 e. The van der Waals surface area contributed by atoms with Crippen LogP contribution >= 0.6 is 0 Å². The van der Waals surface area contributed by atoms with Crippen molar-refractivity contribution in [1.29, 1.82) is 0 Å². The molecule has 1 heterocycles. The maximum atomic E-state index is 11.4. The maximum absolute atomic E-state index is 11.4. The lowest BCUT2D eigenvalue weighted by Crippen LogP contribution is -2.51. The lowest BCUT2D eigenvalue weighted by Gasteiger charge is -2.41. The summed E-state index contributed by atoms with van der Waals surface area (Å²) in [5.74, 6) is 0.454. The fourth-order valence-electron chi connectivity index (χ4n) is 4.10. The van der Waals surface area contributed by atoms with Crippen LogP contribution in [0.25, 0.3) is 10.8 Å². The summed E-state index contributed by atoms with van der Waals surface area (Å²) in [6.45, 7) is 4.39. The Hall–Kier alpha value is -1.87. The third kappa shape index (κ3) is 2.98. The second kappa shape index (κ2) is 6.32. The fourth-order valence-corrected chi connectivity index (χ4v) is 4.10. The van der Waals surface area contributed by atoms with E-state index in [0.29, 0.717) is 11.8 Å². The Morgan fingerprint density at radius 3 is 2.30 bits per heavy atom. The molecule has 1 saturated carbocycles. The molecule has 120 valence electrons. The summed E-state index contributed by atoms with van der Waals surface area (Å²) in [5, 5.41) is 2.67. The molecule has 1 aliphatic heterocycles. The van der Waals surface area contributed by atoms with Gasteiger partial charge in [0.1, 0.15) is 5.78 Å². The molecule has 1 saturated heterocycles. The van der Waals surface area contributed by atoms with Crippen LogP contribution in [0.15, 0.2) is 42.5 Å². The number of fused-ring (bicyclic) bond motifs is 1. The monoisotopic (exact) mass is 308 g/mol. The molecule has 2 aromatic carbocycles. The number of carbonyl (C=O) groups excluding carboxylic acids is 1. The molecule has 3 nitrogen and oxygen atoms in total. The van der Waals surface area contributed by atoms with Gasteiger partial charge in [0.05, 0.1) is 0 Å². The van der Waals surface area contributed by atoms with Crippen LogP contribution in [0.2, 0.25) is 0 Å². The van der Waals surface area contributed by atoms with Crippen molar-refractivity contribution in [2.75, 3.05) is 31.1 Å². The minimum atomic E-state index is 0.454. The summed E-state index contributed by atoms with van der Waals surface area (Å²) < 4.78 is 0. The summed E-state index contributed by atoms with van der Waals surface area (Å²) in [6.07, 6.45) is 3.70. The van der Waals surface area contributed by atoms with Gasteiger partial charge in [-0.3, -0.25) is 9.69 Å². The van der Waals surface area contributed by atoms with Crippen molar-refractivity contribution < 1.29 is 4.79 Å². The van der Waals surface area contributed by atoms with E-state index in [1.807, 2.05) is 0 Å². The zero-order valence-electron chi connectivity index (χ0n) is 13.6. The van der Waals surface area contributed by atoms with Gasteiger partial charge < -0.3 is 4.90 Å². The molecular formula is C20H24N2O. The zero-order chi connectivity index (χ0) is 15.6. The van der Waals surface area contributed by atoms with Gasteiger partial charge in [-0.05, 0) is 24.3 Å². The van der Waals surface area contributed by atoms with Crippen LogP contribution in [-0.2, 0) is 4.79 Å². The van der Waals surface area contributed by atoms with Gasteiger partial charge in [-0.1, -0.05) is 36.4 Å². The number of hydrogen-bond donors (Lipinski definition) is 0. The first-order valence-electron chi connectivity index (χ1n) is 8.80. The summed E-state index contributed by atoms with van der Waals surface area (Å²) in [6, 6.07) is 15.9. The van der Waals surface area contributed by atoms with E-state index in [1.165, 1.54) is 16.5 Å². The number of carbonyl (C=O) groups is 1. The first kappa shape index (κ1) is 14.7. The first-order chi connectivity index (χ1) is 11.3. The molecular weight excluding hydrogens is 284 g/mol. The van der Waals surface area contributed by atoms with Gasteiger partial charge in [-0.15, -0.1) is 0 Å². The molecule has 1 aliphatic carbocycles. The number of nitrogens with zero attached hydrogens (tertiary/aromatic N) is 2. The molecule has 2 aliphatic rings. The molecule has 0 N–H and O–H groups in total. The van der Waals surface area contributed by atoms with Crippen LogP contribution in [0, 0.1) is 0 Å². The van der Waals surface area contributed by atoms with Crippen molar-refractivity contribution in [3.8, 4) is 0 Å². The molecule has 0 radical (unpaired) electrons. The minimum absolute atomic E-state index is 0.454. The number of anilines is 1. The molecule has 0 unspecified atom stereocenters. The normalized spacial score (nSPS) is 21.0. The number of rotatable bonds is 2. The van der Waals surface area contributed by atoms with Gasteiger partial charge in [0, 0.05) is 56.1 Å². The number of benzene rings is 2. The second-order valence-corrected chi connectivity index (χ2v) is 6.79. The minimum Gasteiger partial charge on any atom is -0.368 e. The predicted octanol–water partition coefficient (Wildman–Crippen LogP) is 3.47. The number of hydrogen-bond acceptors (Lipinski definition) is 3. The SMILES string of the molecule is O=C1CCC(N2CCN(c3cccc4ccccc34)CC2)CC1. The highest BCUT2D eigenvalue weighted by molar-refractivity contribution is 5.94. The molecule has 0 aromatic heterocycles. The van der Waals surface area contributed by atoms with Gasteiger partial charge in [0.15, 0.2) is 0 Å². The van der Waals surface area contributed by atoms with Crippen molar-refractivity contribution in [2.24, 2.45) is 0 Å². The van der Waals surface area contributed by atoms with E-state index in [1.54, 1.807) is 0 Å². The van der Waals surface area contributed by atoms with Crippen molar-refractivity contribution in [3.05, 3.63) is 42.5 Å². The molecule has 4 rings (SSSR count). The average Bonchev–Trinajstić information content (AvgIpc) is 2.62. The van der Waals surface area contributed by atoms with E-state index < -0.39 is 0 Å².